The Hall–Kier alpha value is -1.35. The summed E-state index contributed by atoms with van der Waals surface area (Å²) >= 11 is 0. The van der Waals surface area contributed by atoms with Gasteiger partial charge < -0.3 is 9.88 Å². The summed E-state index contributed by atoms with van der Waals surface area (Å²) in [7, 11) is 0. The van der Waals surface area contributed by atoms with Crippen LogP contribution in [0.4, 0.5) is 0 Å². The number of aromatic nitrogens is 2. The van der Waals surface area contributed by atoms with E-state index in [0.29, 0.717) is 12.0 Å². The summed E-state index contributed by atoms with van der Waals surface area (Å²) in [5.41, 5.74) is 2.32. The van der Waals surface area contributed by atoms with Crippen molar-refractivity contribution in [3.8, 4) is 0 Å². The fourth-order valence-electron chi connectivity index (χ4n) is 2.10. The number of nitrogens with one attached hydrogen (secondary N) is 1. The quantitative estimate of drug-likeness (QED) is 0.876. The molecule has 2 rings (SSSR count). The van der Waals surface area contributed by atoms with Crippen molar-refractivity contribution in [2.24, 2.45) is 5.92 Å². The molecule has 0 spiro atoms. The van der Waals surface area contributed by atoms with Crippen molar-refractivity contribution >= 4 is 11.0 Å². The molecule has 0 amide bonds. The summed E-state index contributed by atoms with van der Waals surface area (Å²) in [6.45, 7) is 10.7. The lowest BCUT2D eigenvalue weighted by Gasteiger charge is -2.17. The lowest BCUT2D eigenvalue weighted by atomic mass is 10.1. The largest absolute Gasteiger partial charge is 0.327 e. The number of aryl methyl sites for hydroxylation is 1. The molecular weight excluding hydrogens is 222 g/mol. The summed E-state index contributed by atoms with van der Waals surface area (Å²) in [6, 6.07) is 8.85. The van der Waals surface area contributed by atoms with E-state index in [1.807, 2.05) is 6.07 Å². The number of nitrogens with zero attached hydrogens (tertiary/aromatic N) is 2. The molecule has 2 aromatic rings. The highest BCUT2D eigenvalue weighted by atomic mass is 15.1. The van der Waals surface area contributed by atoms with E-state index >= 15 is 0 Å². The average Bonchev–Trinajstić information content (AvgIpc) is 2.73. The Bertz CT molecular complexity index is 513. The predicted octanol–water partition coefficient (Wildman–Crippen LogP) is 3.19. The van der Waals surface area contributed by atoms with Crippen molar-refractivity contribution in [3.63, 3.8) is 0 Å². The van der Waals surface area contributed by atoms with Crippen LogP contribution in [0.15, 0.2) is 24.3 Å². The molecule has 1 N–H and O–H groups in total. The van der Waals surface area contributed by atoms with Crippen LogP contribution >= 0.6 is 0 Å². The number of imidazole rings is 1. The van der Waals surface area contributed by atoms with E-state index in [9.17, 15) is 0 Å². The van der Waals surface area contributed by atoms with Crippen LogP contribution in [0, 0.1) is 5.92 Å². The van der Waals surface area contributed by atoms with Gasteiger partial charge in [-0.2, -0.15) is 0 Å². The van der Waals surface area contributed by atoms with Crippen LogP contribution in [0.3, 0.4) is 0 Å². The van der Waals surface area contributed by atoms with Gasteiger partial charge in [-0.3, -0.25) is 0 Å². The predicted molar refractivity (Wildman–Crippen MR) is 76.5 cm³/mol. The van der Waals surface area contributed by atoms with Crippen LogP contribution < -0.4 is 5.32 Å². The topological polar surface area (TPSA) is 29.9 Å². The molecule has 0 fully saturated rings. The SMILES string of the molecule is CCn1c(CNC(C)C(C)C)nc2ccccc21. The minimum Gasteiger partial charge on any atom is -0.327 e. The molecule has 0 aliphatic rings. The van der Waals surface area contributed by atoms with Gasteiger partial charge in [-0.25, -0.2) is 4.98 Å². The van der Waals surface area contributed by atoms with Gasteiger partial charge in [0.25, 0.3) is 0 Å². The molecule has 3 nitrogen and oxygen atoms in total. The van der Waals surface area contributed by atoms with Crippen LogP contribution in [0.2, 0.25) is 0 Å². The first kappa shape index (κ1) is 13.1. The maximum atomic E-state index is 4.72. The van der Waals surface area contributed by atoms with E-state index in [2.05, 4.69) is 55.8 Å². The molecule has 3 heteroatoms. The first-order valence-corrected chi connectivity index (χ1v) is 6.81. The third kappa shape index (κ3) is 2.56. The van der Waals surface area contributed by atoms with Gasteiger partial charge in [0.2, 0.25) is 0 Å². The van der Waals surface area contributed by atoms with E-state index in [1.54, 1.807) is 0 Å². The van der Waals surface area contributed by atoms with Crippen molar-refractivity contribution in [1.82, 2.24) is 14.9 Å². The van der Waals surface area contributed by atoms with E-state index in [1.165, 1.54) is 5.52 Å². The van der Waals surface area contributed by atoms with Crippen molar-refractivity contribution in [2.75, 3.05) is 0 Å². The van der Waals surface area contributed by atoms with E-state index in [0.717, 1.165) is 24.4 Å². The Kier molecular flexibility index (Phi) is 4.02. The average molecular weight is 245 g/mol. The second-order valence-corrected chi connectivity index (χ2v) is 5.17. The number of hydrogen-bond donors (Lipinski definition) is 1. The molecule has 1 heterocycles. The highest BCUT2D eigenvalue weighted by Crippen LogP contribution is 2.16. The number of fused-ring (bicyclic) bond motifs is 1. The van der Waals surface area contributed by atoms with Gasteiger partial charge in [0.15, 0.2) is 0 Å². The van der Waals surface area contributed by atoms with Gasteiger partial charge >= 0.3 is 0 Å². The standard InChI is InChI=1S/C15H23N3/c1-5-18-14-9-7-6-8-13(14)17-15(18)10-16-12(4)11(2)3/h6-9,11-12,16H,5,10H2,1-4H3. The molecule has 1 unspecified atom stereocenters. The zero-order chi connectivity index (χ0) is 13.1. The smallest absolute Gasteiger partial charge is 0.123 e. The van der Waals surface area contributed by atoms with Crippen LogP contribution in [-0.2, 0) is 13.1 Å². The van der Waals surface area contributed by atoms with Crippen LogP contribution in [0.5, 0.6) is 0 Å². The van der Waals surface area contributed by atoms with Crippen LogP contribution in [0.25, 0.3) is 11.0 Å². The van der Waals surface area contributed by atoms with Crippen LogP contribution in [-0.4, -0.2) is 15.6 Å². The molecule has 0 aliphatic carbocycles. The fraction of sp³-hybridized carbons (Fsp3) is 0.533. The Morgan fingerprint density at radius 1 is 1.22 bits per heavy atom. The molecule has 1 aromatic carbocycles. The zero-order valence-corrected chi connectivity index (χ0v) is 11.8. The van der Waals surface area contributed by atoms with Crippen LogP contribution in [0.1, 0.15) is 33.5 Å². The molecule has 18 heavy (non-hydrogen) atoms. The van der Waals surface area contributed by atoms with Gasteiger partial charge in [0, 0.05) is 12.6 Å². The summed E-state index contributed by atoms with van der Waals surface area (Å²) in [5.74, 6) is 1.77. The Morgan fingerprint density at radius 2 is 1.94 bits per heavy atom. The second-order valence-electron chi connectivity index (χ2n) is 5.17. The third-order valence-corrected chi connectivity index (χ3v) is 3.63. The van der Waals surface area contributed by atoms with Crippen molar-refractivity contribution in [2.45, 2.75) is 46.8 Å². The maximum Gasteiger partial charge on any atom is 0.123 e. The lowest BCUT2D eigenvalue weighted by Crippen LogP contribution is -2.31. The van der Waals surface area contributed by atoms with Crippen molar-refractivity contribution in [1.29, 1.82) is 0 Å². The molecule has 0 bridgehead atoms. The van der Waals surface area contributed by atoms with Gasteiger partial charge in [-0.15, -0.1) is 0 Å². The van der Waals surface area contributed by atoms with Gasteiger partial charge in [-0.1, -0.05) is 26.0 Å². The van der Waals surface area contributed by atoms with Crippen molar-refractivity contribution in [3.05, 3.63) is 30.1 Å². The summed E-state index contributed by atoms with van der Waals surface area (Å²) in [6.07, 6.45) is 0. The third-order valence-electron chi connectivity index (χ3n) is 3.63. The van der Waals surface area contributed by atoms with E-state index < -0.39 is 0 Å². The Labute approximate surface area is 109 Å². The summed E-state index contributed by atoms with van der Waals surface area (Å²) in [4.78, 5) is 4.72. The summed E-state index contributed by atoms with van der Waals surface area (Å²) < 4.78 is 2.29. The minimum atomic E-state index is 0.509. The molecule has 98 valence electrons. The van der Waals surface area contributed by atoms with Gasteiger partial charge in [0.05, 0.1) is 17.6 Å². The van der Waals surface area contributed by atoms with Gasteiger partial charge in [0.1, 0.15) is 5.82 Å². The summed E-state index contributed by atoms with van der Waals surface area (Å²) in [5, 5.41) is 3.55. The minimum absolute atomic E-state index is 0.509. The zero-order valence-electron chi connectivity index (χ0n) is 11.8. The highest BCUT2D eigenvalue weighted by Gasteiger charge is 2.11. The number of hydrogen-bond acceptors (Lipinski definition) is 2. The molecule has 1 atom stereocenters. The molecule has 0 aliphatic heterocycles. The lowest BCUT2D eigenvalue weighted by molar-refractivity contribution is 0.417. The Morgan fingerprint density at radius 3 is 2.61 bits per heavy atom. The van der Waals surface area contributed by atoms with Gasteiger partial charge in [-0.05, 0) is 31.9 Å². The first-order valence-electron chi connectivity index (χ1n) is 6.81. The van der Waals surface area contributed by atoms with E-state index in [-0.39, 0.29) is 0 Å². The maximum absolute atomic E-state index is 4.72. The molecule has 0 saturated heterocycles. The monoisotopic (exact) mass is 245 g/mol. The highest BCUT2D eigenvalue weighted by molar-refractivity contribution is 5.75. The Balaban J connectivity index is 2.22. The molecule has 0 radical (unpaired) electrons. The fourth-order valence-corrected chi connectivity index (χ4v) is 2.10. The number of rotatable bonds is 5. The second kappa shape index (κ2) is 5.53. The normalized spacial score (nSPS) is 13.4. The first-order chi connectivity index (χ1) is 8.63. The molecule has 0 saturated carbocycles. The van der Waals surface area contributed by atoms with Crippen molar-refractivity contribution < 1.29 is 0 Å². The molecule has 1 aromatic heterocycles. The molecular formula is C15H23N3. The van der Waals surface area contributed by atoms with E-state index in [4.69, 9.17) is 4.98 Å². The number of para-hydroxylation sites is 2. The number of benzene rings is 1.